The van der Waals surface area contributed by atoms with Crippen molar-refractivity contribution in [3.8, 4) is 17.0 Å². The number of benzene rings is 1. The number of fused-ring (bicyclic) bond motifs is 1. The highest BCUT2D eigenvalue weighted by Crippen LogP contribution is 2.30. The largest absolute Gasteiger partial charge is 0.496 e. The molecular weight excluding hydrogens is 444 g/mol. The lowest BCUT2D eigenvalue weighted by atomic mass is 10.0. The van der Waals surface area contributed by atoms with Gasteiger partial charge in [-0.2, -0.15) is 0 Å². The number of amides is 1. The predicted octanol–water partition coefficient (Wildman–Crippen LogP) is 4.81. The average molecular weight is 475 g/mol. The van der Waals surface area contributed by atoms with E-state index in [1.807, 2.05) is 51.1 Å². The van der Waals surface area contributed by atoms with Gasteiger partial charge in [-0.05, 0) is 51.8 Å². The Balaban J connectivity index is 1.31. The van der Waals surface area contributed by atoms with Gasteiger partial charge in [0, 0.05) is 36.8 Å². The molecule has 0 atom stereocenters. The SMILES string of the molecule is COc1ccccc1CN1CCC(NC(=O)c2cc(-c3cc(C)oc3C)nc3onc(C)c23)CC1. The number of nitrogens with zero attached hydrogens (tertiary/aromatic N) is 3. The quantitative estimate of drug-likeness (QED) is 0.429. The minimum Gasteiger partial charge on any atom is -0.496 e. The molecule has 0 unspecified atom stereocenters. The van der Waals surface area contributed by atoms with Crippen LogP contribution in [0.15, 0.2) is 45.3 Å². The highest BCUT2D eigenvalue weighted by Gasteiger charge is 2.25. The summed E-state index contributed by atoms with van der Waals surface area (Å²) in [6.45, 7) is 8.25. The first kappa shape index (κ1) is 23.1. The molecule has 8 nitrogen and oxygen atoms in total. The molecule has 0 radical (unpaired) electrons. The summed E-state index contributed by atoms with van der Waals surface area (Å²) in [6, 6.07) is 11.9. The van der Waals surface area contributed by atoms with Gasteiger partial charge >= 0.3 is 0 Å². The predicted molar refractivity (Wildman–Crippen MR) is 132 cm³/mol. The number of aryl methyl sites for hydroxylation is 3. The van der Waals surface area contributed by atoms with Crippen LogP contribution in [0, 0.1) is 20.8 Å². The number of pyridine rings is 1. The van der Waals surface area contributed by atoms with Crippen LogP contribution in [-0.4, -0.2) is 47.2 Å². The van der Waals surface area contributed by atoms with Gasteiger partial charge in [-0.15, -0.1) is 0 Å². The number of nitrogens with one attached hydrogen (secondary N) is 1. The Morgan fingerprint density at radius 2 is 1.94 bits per heavy atom. The van der Waals surface area contributed by atoms with Gasteiger partial charge in [0.05, 0.1) is 29.4 Å². The summed E-state index contributed by atoms with van der Waals surface area (Å²) < 4.78 is 16.6. The van der Waals surface area contributed by atoms with Crippen LogP contribution < -0.4 is 10.1 Å². The summed E-state index contributed by atoms with van der Waals surface area (Å²) in [5.41, 5.74) is 4.19. The number of para-hydroxylation sites is 1. The summed E-state index contributed by atoms with van der Waals surface area (Å²) in [6.07, 6.45) is 1.76. The minimum atomic E-state index is -0.133. The third-order valence-electron chi connectivity index (χ3n) is 6.69. The normalized spacial score (nSPS) is 15.0. The third kappa shape index (κ3) is 4.66. The van der Waals surface area contributed by atoms with E-state index in [-0.39, 0.29) is 11.9 Å². The summed E-state index contributed by atoms with van der Waals surface area (Å²) in [7, 11) is 1.70. The lowest BCUT2D eigenvalue weighted by Gasteiger charge is -2.32. The Kier molecular flexibility index (Phi) is 6.30. The van der Waals surface area contributed by atoms with E-state index < -0.39 is 0 Å². The summed E-state index contributed by atoms with van der Waals surface area (Å²) in [5.74, 6) is 2.32. The fourth-order valence-electron chi connectivity index (χ4n) is 4.87. The Hall–Kier alpha value is -3.65. The van der Waals surface area contributed by atoms with E-state index in [1.165, 1.54) is 5.56 Å². The molecule has 3 aromatic heterocycles. The van der Waals surface area contributed by atoms with Crippen LogP contribution in [0.2, 0.25) is 0 Å². The smallest absolute Gasteiger partial charge is 0.259 e. The van der Waals surface area contributed by atoms with Crippen molar-refractivity contribution in [3.05, 3.63) is 64.7 Å². The van der Waals surface area contributed by atoms with E-state index in [1.54, 1.807) is 7.11 Å². The van der Waals surface area contributed by atoms with Crippen molar-refractivity contribution < 1.29 is 18.5 Å². The lowest BCUT2D eigenvalue weighted by molar-refractivity contribution is 0.0910. The number of likely N-dealkylation sites (tertiary alicyclic amines) is 1. The molecule has 0 spiro atoms. The van der Waals surface area contributed by atoms with Crippen molar-refractivity contribution in [3.63, 3.8) is 0 Å². The molecule has 1 N–H and O–H groups in total. The molecule has 0 aliphatic carbocycles. The van der Waals surface area contributed by atoms with Crippen LogP contribution in [0.3, 0.4) is 0 Å². The first-order valence-electron chi connectivity index (χ1n) is 11.9. The van der Waals surface area contributed by atoms with Crippen molar-refractivity contribution in [1.29, 1.82) is 0 Å². The molecule has 35 heavy (non-hydrogen) atoms. The van der Waals surface area contributed by atoms with Crippen LogP contribution in [-0.2, 0) is 6.54 Å². The molecule has 1 saturated heterocycles. The van der Waals surface area contributed by atoms with Crippen LogP contribution in [0.5, 0.6) is 5.75 Å². The van der Waals surface area contributed by atoms with Gasteiger partial charge in [-0.1, -0.05) is 23.4 Å². The molecule has 182 valence electrons. The van der Waals surface area contributed by atoms with Gasteiger partial charge < -0.3 is 19.0 Å². The van der Waals surface area contributed by atoms with Crippen LogP contribution in [0.1, 0.15) is 46.0 Å². The summed E-state index contributed by atoms with van der Waals surface area (Å²) in [5, 5.41) is 7.94. The number of ether oxygens (including phenoxy) is 1. The maximum absolute atomic E-state index is 13.4. The number of carbonyl (C=O) groups excluding carboxylic acids is 1. The number of furan rings is 1. The van der Waals surface area contributed by atoms with Gasteiger partial charge in [0.25, 0.3) is 11.6 Å². The second-order valence-corrected chi connectivity index (χ2v) is 9.17. The minimum absolute atomic E-state index is 0.0983. The van der Waals surface area contributed by atoms with E-state index in [2.05, 4.69) is 26.4 Å². The van der Waals surface area contributed by atoms with Gasteiger partial charge in [0.2, 0.25) is 0 Å². The highest BCUT2D eigenvalue weighted by atomic mass is 16.5. The first-order valence-corrected chi connectivity index (χ1v) is 11.9. The molecule has 1 amide bonds. The maximum Gasteiger partial charge on any atom is 0.259 e. The Morgan fingerprint density at radius 3 is 2.66 bits per heavy atom. The van der Waals surface area contributed by atoms with Gasteiger partial charge in [-0.25, -0.2) is 4.98 Å². The van der Waals surface area contributed by atoms with Crippen LogP contribution in [0.4, 0.5) is 0 Å². The highest BCUT2D eigenvalue weighted by molar-refractivity contribution is 6.07. The van der Waals surface area contributed by atoms with Crippen molar-refractivity contribution >= 4 is 17.0 Å². The Morgan fingerprint density at radius 1 is 1.17 bits per heavy atom. The maximum atomic E-state index is 13.4. The van der Waals surface area contributed by atoms with Gasteiger partial charge in [-0.3, -0.25) is 9.69 Å². The number of hydrogen-bond acceptors (Lipinski definition) is 7. The van der Waals surface area contributed by atoms with Crippen LogP contribution in [0.25, 0.3) is 22.4 Å². The number of carbonyl (C=O) groups is 1. The van der Waals surface area contributed by atoms with Crippen molar-refractivity contribution in [2.75, 3.05) is 20.2 Å². The van der Waals surface area contributed by atoms with Crippen molar-refractivity contribution in [1.82, 2.24) is 20.4 Å². The average Bonchev–Trinajstić information content (AvgIpc) is 3.40. The fraction of sp³-hybridized carbons (Fsp3) is 0.370. The number of methoxy groups -OCH3 is 1. The second kappa shape index (κ2) is 9.54. The van der Waals surface area contributed by atoms with E-state index in [9.17, 15) is 4.79 Å². The Labute approximate surface area is 204 Å². The zero-order valence-corrected chi connectivity index (χ0v) is 20.6. The second-order valence-electron chi connectivity index (χ2n) is 9.17. The number of rotatable bonds is 6. The fourth-order valence-corrected chi connectivity index (χ4v) is 4.87. The van der Waals surface area contributed by atoms with E-state index >= 15 is 0 Å². The Bertz CT molecular complexity index is 1370. The molecule has 1 aliphatic rings. The third-order valence-corrected chi connectivity index (χ3v) is 6.69. The standard InChI is InChI=1S/C27H30N4O4/c1-16-13-21(18(3)34-16)23-14-22(25-17(2)30-35-27(25)29-23)26(32)28-20-9-11-31(12-10-20)15-19-7-5-6-8-24(19)33-4/h5-8,13-14,20H,9-12,15H2,1-4H3,(H,28,32). The monoisotopic (exact) mass is 474 g/mol. The van der Waals surface area contributed by atoms with E-state index in [0.29, 0.717) is 28.1 Å². The summed E-state index contributed by atoms with van der Waals surface area (Å²) >= 11 is 0. The molecule has 1 aromatic carbocycles. The number of piperidine rings is 1. The molecule has 5 rings (SSSR count). The molecular formula is C27H30N4O4. The molecule has 4 heterocycles. The molecule has 0 bridgehead atoms. The first-order chi connectivity index (χ1) is 16.9. The number of hydrogen-bond donors (Lipinski definition) is 1. The van der Waals surface area contributed by atoms with Crippen LogP contribution >= 0.6 is 0 Å². The van der Waals surface area contributed by atoms with Crippen molar-refractivity contribution in [2.24, 2.45) is 0 Å². The van der Waals surface area contributed by atoms with E-state index in [4.69, 9.17) is 13.7 Å². The molecule has 1 aliphatic heterocycles. The molecule has 4 aromatic rings. The topological polar surface area (TPSA) is 93.6 Å². The lowest BCUT2D eigenvalue weighted by Crippen LogP contribution is -2.44. The zero-order chi connectivity index (χ0) is 24.5. The van der Waals surface area contributed by atoms with Gasteiger partial charge in [0.15, 0.2) is 0 Å². The zero-order valence-electron chi connectivity index (χ0n) is 20.6. The number of aromatic nitrogens is 2. The van der Waals surface area contributed by atoms with Gasteiger partial charge in [0.1, 0.15) is 17.3 Å². The van der Waals surface area contributed by atoms with E-state index in [0.717, 1.165) is 55.3 Å². The molecule has 8 heteroatoms. The molecule has 1 fully saturated rings. The molecule has 0 saturated carbocycles. The summed E-state index contributed by atoms with van der Waals surface area (Å²) in [4.78, 5) is 20.5. The van der Waals surface area contributed by atoms with Crippen molar-refractivity contribution in [2.45, 2.75) is 46.2 Å².